The van der Waals surface area contributed by atoms with Crippen LogP contribution >= 0.6 is 11.8 Å². The molecule has 0 spiro atoms. The van der Waals surface area contributed by atoms with Crippen LogP contribution in [-0.4, -0.2) is 46.7 Å². The quantitative estimate of drug-likeness (QED) is 0.876. The normalized spacial score (nSPS) is 35.1. The molecule has 2 heterocycles. The summed E-state index contributed by atoms with van der Waals surface area (Å²) in [5.74, 6) is 0. The zero-order valence-corrected chi connectivity index (χ0v) is 14.3. The average molecular weight is 360 g/mol. The topological polar surface area (TPSA) is 68.2 Å². The van der Waals surface area contributed by atoms with Gasteiger partial charge in [0.25, 0.3) is 0 Å². The molecule has 0 aromatic heterocycles. The van der Waals surface area contributed by atoms with Crippen molar-refractivity contribution in [2.45, 2.75) is 41.0 Å². The van der Waals surface area contributed by atoms with Crippen molar-refractivity contribution in [2.24, 2.45) is 0 Å². The van der Waals surface area contributed by atoms with Crippen LogP contribution in [-0.2, 0) is 14.2 Å². The predicted molar refractivity (Wildman–Crippen MR) is 93.0 cm³/mol. The summed E-state index contributed by atoms with van der Waals surface area (Å²) in [4.78, 5) is 0.969. The summed E-state index contributed by atoms with van der Waals surface area (Å²) in [5, 5.41) is 21.0. The van der Waals surface area contributed by atoms with E-state index in [0.29, 0.717) is 6.61 Å². The Balaban J connectivity index is 1.46. The first-order valence-electron chi connectivity index (χ1n) is 8.28. The first kappa shape index (κ1) is 17.0. The van der Waals surface area contributed by atoms with E-state index in [1.165, 1.54) is 11.8 Å². The summed E-state index contributed by atoms with van der Waals surface area (Å²) in [7, 11) is 0. The number of rotatable bonds is 3. The zero-order chi connectivity index (χ0) is 17.2. The van der Waals surface area contributed by atoms with E-state index in [2.05, 4.69) is 0 Å². The molecule has 132 valence electrons. The summed E-state index contributed by atoms with van der Waals surface area (Å²) in [6.07, 6.45) is -3.68. The van der Waals surface area contributed by atoms with Gasteiger partial charge >= 0.3 is 0 Å². The number of thioether (sulfide) groups is 1. The Morgan fingerprint density at radius 1 is 0.840 bits per heavy atom. The van der Waals surface area contributed by atoms with Crippen LogP contribution in [0.25, 0.3) is 0 Å². The second kappa shape index (κ2) is 7.45. The largest absolute Gasteiger partial charge is 0.387 e. The number of aliphatic hydroxyl groups excluding tert-OH is 2. The van der Waals surface area contributed by atoms with Gasteiger partial charge in [0.15, 0.2) is 6.29 Å². The van der Waals surface area contributed by atoms with Gasteiger partial charge in [0.2, 0.25) is 0 Å². The van der Waals surface area contributed by atoms with Crippen LogP contribution in [0.15, 0.2) is 65.6 Å². The van der Waals surface area contributed by atoms with Crippen LogP contribution < -0.4 is 0 Å². The molecule has 2 fully saturated rings. The Labute approximate surface area is 150 Å². The highest BCUT2D eigenvalue weighted by Crippen LogP contribution is 2.38. The first-order chi connectivity index (χ1) is 12.2. The van der Waals surface area contributed by atoms with Crippen LogP contribution in [0.1, 0.15) is 11.9 Å². The van der Waals surface area contributed by atoms with Gasteiger partial charge < -0.3 is 24.4 Å². The van der Waals surface area contributed by atoms with Gasteiger partial charge in [-0.2, -0.15) is 0 Å². The molecule has 2 saturated heterocycles. The van der Waals surface area contributed by atoms with Gasteiger partial charge in [-0.1, -0.05) is 60.3 Å². The van der Waals surface area contributed by atoms with E-state index in [-0.39, 0.29) is 0 Å². The Bertz CT molecular complexity index is 681. The van der Waals surface area contributed by atoms with Crippen LogP contribution in [0.5, 0.6) is 0 Å². The minimum absolute atomic E-state index is 0.305. The van der Waals surface area contributed by atoms with E-state index in [1.807, 2.05) is 60.7 Å². The Morgan fingerprint density at radius 3 is 2.24 bits per heavy atom. The molecular weight excluding hydrogens is 340 g/mol. The fourth-order valence-electron chi connectivity index (χ4n) is 3.09. The second-order valence-electron chi connectivity index (χ2n) is 6.13. The summed E-state index contributed by atoms with van der Waals surface area (Å²) in [6, 6.07) is 19.2. The molecule has 0 aliphatic carbocycles. The molecule has 2 aliphatic heterocycles. The summed E-state index contributed by atoms with van der Waals surface area (Å²) in [5.41, 5.74) is 0.308. The second-order valence-corrected chi connectivity index (χ2v) is 7.30. The molecule has 2 aromatic rings. The van der Waals surface area contributed by atoms with Crippen molar-refractivity contribution in [3.63, 3.8) is 0 Å². The standard InChI is InChI=1S/C19H20O5S/c20-15-16(21)19(25-13-9-5-2-6-10-13)23-14-11-22-18(24-17(14)15)12-7-3-1-4-8-12/h1-10,14-21H,11H2/t14?,15?,16-,17-,18?,19-/m0/s1. The van der Waals surface area contributed by atoms with Crippen molar-refractivity contribution >= 4 is 11.8 Å². The molecular formula is C19H20O5S. The van der Waals surface area contributed by atoms with Crippen molar-refractivity contribution in [3.05, 3.63) is 66.2 Å². The van der Waals surface area contributed by atoms with Gasteiger partial charge in [0.1, 0.15) is 29.9 Å². The van der Waals surface area contributed by atoms with Gasteiger partial charge in [-0.25, -0.2) is 0 Å². The van der Waals surface area contributed by atoms with Crippen LogP contribution in [0.3, 0.4) is 0 Å². The molecule has 25 heavy (non-hydrogen) atoms. The fourth-order valence-corrected chi connectivity index (χ4v) is 4.17. The third-order valence-electron chi connectivity index (χ3n) is 4.40. The van der Waals surface area contributed by atoms with Gasteiger partial charge in [0.05, 0.1) is 6.61 Å². The number of fused-ring (bicyclic) bond motifs is 1. The number of hydrogen-bond donors (Lipinski definition) is 2. The van der Waals surface area contributed by atoms with Gasteiger partial charge in [-0.05, 0) is 12.1 Å². The van der Waals surface area contributed by atoms with E-state index in [1.54, 1.807) is 0 Å². The number of ether oxygens (including phenoxy) is 3. The molecule has 6 atom stereocenters. The number of hydrogen-bond acceptors (Lipinski definition) is 6. The fraction of sp³-hybridized carbons (Fsp3) is 0.368. The van der Waals surface area contributed by atoms with Gasteiger partial charge in [-0.15, -0.1) is 0 Å². The molecule has 0 saturated carbocycles. The molecule has 2 N–H and O–H groups in total. The molecule has 4 rings (SSSR count). The molecule has 0 radical (unpaired) electrons. The monoisotopic (exact) mass is 360 g/mol. The highest BCUT2D eigenvalue weighted by atomic mass is 32.2. The number of benzene rings is 2. The molecule has 3 unspecified atom stereocenters. The predicted octanol–water partition coefficient (Wildman–Crippen LogP) is 2.34. The van der Waals surface area contributed by atoms with Crippen LogP contribution in [0.4, 0.5) is 0 Å². The highest BCUT2D eigenvalue weighted by molar-refractivity contribution is 7.99. The van der Waals surface area contributed by atoms with Crippen molar-refractivity contribution in [3.8, 4) is 0 Å². The minimum atomic E-state index is -1.04. The Kier molecular flexibility index (Phi) is 5.08. The van der Waals surface area contributed by atoms with E-state index in [0.717, 1.165) is 10.5 Å². The van der Waals surface area contributed by atoms with Crippen molar-refractivity contribution < 1.29 is 24.4 Å². The lowest BCUT2D eigenvalue weighted by Gasteiger charge is -2.46. The third kappa shape index (κ3) is 3.60. The SMILES string of the molecule is OC1[C@H]2OC(c3ccccc3)OCC2O[C@@H](Sc2ccccc2)[C@H]1O. The molecule has 6 heteroatoms. The molecule has 2 aromatic carbocycles. The molecule has 0 amide bonds. The maximum absolute atomic E-state index is 10.6. The van der Waals surface area contributed by atoms with Gasteiger partial charge in [-0.3, -0.25) is 0 Å². The Hall–Kier alpha value is -1.41. The maximum Gasteiger partial charge on any atom is 0.184 e. The van der Waals surface area contributed by atoms with E-state index < -0.39 is 36.1 Å². The first-order valence-corrected chi connectivity index (χ1v) is 9.15. The third-order valence-corrected chi connectivity index (χ3v) is 5.57. The van der Waals surface area contributed by atoms with Crippen molar-refractivity contribution in [2.75, 3.05) is 6.61 Å². The summed E-state index contributed by atoms with van der Waals surface area (Å²) < 4.78 is 17.6. The summed E-state index contributed by atoms with van der Waals surface area (Å²) in [6.45, 7) is 0.305. The molecule has 5 nitrogen and oxygen atoms in total. The van der Waals surface area contributed by atoms with Crippen LogP contribution in [0, 0.1) is 0 Å². The van der Waals surface area contributed by atoms with Crippen molar-refractivity contribution in [1.82, 2.24) is 0 Å². The van der Waals surface area contributed by atoms with E-state index in [4.69, 9.17) is 14.2 Å². The van der Waals surface area contributed by atoms with E-state index >= 15 is 0 Å². The molecule has 0 bridgehead atoms. The van der Waals surface area contributed by atoms with E-state index in [9.17, 15) is 10.2 Å². The van der Waals surface area contributed by atoms with Crippen molar-refractivity contribution in [1.29, 1.82) is 0 Å². The lowest BCUT2D eigenvalue weighted by Crippen LogP contribution is -2.60. The van der Waals surface area contributed by atoms with Gasteiger partial charge in [0, 0.05) is 10.5 Å². The zero-order valence-electron chi connectivity index (χ0n) is 13.5. The number of aliphatic hydroxyl groups is 2. The smallest absolute Gasteiger partial charge is 0.184 e. The Morgan fingerprint density at radius 2 is 1.52 bits per heavy atom. The van der Waals surface area contributed by atoms with Crippen LogP contribution in [0.2, 0.25) is 0 Å². The highest BCUT2D eigenvalue weighted by Gasteiger charge is 2.49. The molecule has 2 aliphatic rings. The lowest BCUT2D eigenvalue weighted by molar-refractivity contribution is -0.318. The summed E-state index contributed by atoms with van der Waals surface area (Å²) >= 11 is 1.39. The maximum atomic E-state index is 10.6. The minimum Gasteiger partial charge on any atom is -0.387 e. The lowest BCUT2D eigenvalue weighted by atomic mass is 9.99. The average Bonchev–Trinajstić information content (AvgIpc) is 2.67.